The monoisotopic (exact) mass is 274 g/mol. The lowest BCUT2D eigenvalue weighted by Gasteiger charge is -1.98. The van der Waals surface area contributed by atoms with Crippen LogP contribution in [0.15, 0.2) is 29.2 Å². The molecular formula is C9H7IS. The Bertz CT molecular complexity index is 275. The molecule has 56 valence electrons. The van der Waals surface area contributed by atoms with Crippen LogP contribution in [0.3, 0.4) is 0 Å². The fourth-order valence-electron chi connectivity index (χ4n) is 0.681. The minimum atomic E-state index is 0.750. The Morgan fingerprint density at radius 2 is 2.18 bits per heavy atom. The van der Waals surface area contributed by atoms with Gasteiger partial charge in [-0.2, -0.15) is 0 Å². The van der Waals surface area contributed by atoms with Gasteiger partial charge in [0.1, 0.15) is 0 Å². The zero-order chi connectivity index (χ0) is 8.10. The highest BCUT2D eigenvalue weighted by Crippen LogP contribution is 2.22. The Kier molecular flexibility index (Phi) is 3.81. The number of halogens is 1. The van der Waals surface area contributed by atoms with E-state index in [9.17, 15) is 0 Å². The summed E-state index contributed by atoms with van der Waals surface area (Å²) < 4.78 is 1.27. The predicted octanol–water partition coefficient (Wildman–Crippen LogP) is 3.02. The molecule has 0 aliphatic rings. The lowest BCUT2D eigenvalue weighted by molar-refractivity contribution is 1.40. The van der Waals surface area contributed by atoms with Gasteiger partial charge in [-0.05, 0) is 34.7 Å². The largest absolute Gasteiger partial charge is 0.119 e. The molecule has 1 aromatic carbocycles. The maximum atomic E-state index is 5.15. The first-order chi connectivity index (χ1) is 5.34. The number of hydrogen-bond donors (Lipinski definition) is 0. The van der Waals surface area contributed by atoms with Crippen molar-refractivity contribution >= 4 is 34.4 Å². The summed E-state index contributed by atoms with van der Waals surface area (Å²) in [5.41, 5.74) is 0. The zero-order valence-electron chi connectivity index (χ0n) is 5.88. The van der Waals surface area contributed by atoms with Crippen LogP contribution in [-0.2, 0) is 0 Å². The minimum Gasteiger partial charge on any atom is -0.119 e. The van der Waals surface area contributed by atoms with Gasteiger partial charge in [-0.25, -0.2) is 0 Å². The molecule has 0 amide bonds. The van der Waals surface area contributed by atoms with Gasteiger partial charge in [-0.3, -0.25) is 0 Å². The van der Waals surface area contributed by atoms with Crippen molar-refractivity contribution in [3.05, 3.63) is 27.8 Å². The summed E-state index contributed by atoms with van der Waals surface area (Å²) in [5.74, 6) is 3.35. The molecule has 0 N–H and O–H groups in total. The molecular weight excluding hydrogens is 267 g/mol. The number of rotatable bonds is 2. The molecule has 0 aromatic heterocycles. The van der Waals surface area contributed by atoms with Crippen molar-refractivity contribution in [1.82, 2.24) is 0 Å². The van der Waals surface area contributed by atoms with E-state index in [0.717, 1.165) is 5.75 Å². The van der Waals surface area contributed by atoms with Crippen molar-refractivity contribution in [1.29, 1.82) is 0 Å². The first-order valence-electron chi connectivity index (χ1n) is 3.15. The third-order valence-electron chi connectivity index (χ3n) is 1.15. The zero-order valence-corrected chi connectivity index (χ0v) is 8.85. The highest BCUT2D eigenvalue weighted by molar-refractivity contribution is 14.1. The summed E-state index contributed by atoms with van der Waals surface area (Å²) in [6.07, 6.45) is 5.15. The van der Waals surface area contributed by atoms with Crippen LogP contribution >= 0.6 is 34.4 Å². The highest BCUT2D eigenvalue weighted by Gasteiger charge is 1.95. The smallest absolute Gasteiger partial charge is 0.0592 e. The lowest BCUT2D eigenvalue weighted by Crippen LogP contribution is -1.78. The topological polar surface area (TPSA) is 0 Å². The first-order valence-corrected chi connectivity index (χ1v) is 5.22. The molecule has 0 bridgehead atoms. The number of hydrogen-bond acceptors (Lipinski definition) is 1. The van der Waals surface area contributed by atoms with Crippen molar-refractivity contribution in [2.45, 2.75) is 4.90 Å². The lowest BCUT2D eigenvalue weighted by atomic mass is 10.4. The Morgan fingerprint density at radius 1 is 1.45 bits per heavy atom. The number of benzene rings is 1. The maximum absolute atomic E-state index is 5.15. The second kappa shape index (κ2) is 4.68. The van der Waals surface area contributed by atoms with Gasteiger partial charge < -0.3 is 0 Å². The van der Waals surface area contributed by atoms with Crippen molar-refractivity contribution in [2.75, 3.05) is 5.75 Å². The van der Waals surface area contributed by atoms with E-state index in [1.165, 1.54) is 8.47 Å². The third kappa shape index (κ3) is 2.76. The van der Waals surface area contributed by atoms with Crippen LogP contribution in [-0.4, -0.2) is 5.75 Å². The normalized spacial score (nSPS) is 9.09. The molecule has 0 unspecified atom stereocenters. The quantitative estimate of drug-likeness (QED) is 0.454. The van der Waals surface area contributed by atoms with E-state index in [-0.39, 0.29) is 0 Å². The van der Waals surface area contributed by atoms with E-state index in [4.69, 9.17) is 6.42 Å². The molecule has 0 spiro atoms. The van der Waals surface area contributed by atoms with Crippen molar-refractivity contribution in [3.8, 4) is 12.3 Å². The maximum Gasteiger partial charge on any atom is 0.0592 e. The van der Waals surface area contributed by atoms with Crippen LogP contribution in [0.1, 0.15) is 0 Å². The van der Waals surface area contributed by atoms with Gasteiger partial charge in [-0.15, -0.1) is 18.2 Å². The molecule has 0 aliphatic carbocycles. The van der Waals surface area contributed by atoms with Crippen LogP contribution in [0.5, 0.6) is 0 Å². The van der Waals surface area contributed by atoms with Gasteiger partial charge in [0, 0.05) is 8.47 Å². The van der Waals surface area contributed by atoms with Crippen molar-refractivity contribution in [3.63, 3.8) is 0 Å². The van der Waals surface area contributed by atoms with Crippen molar-refractivity contribution < 1.29 is 0 Å². The molecule has 0 fully saturated rings. The number of terminal acetylenes is 1. The molecule has 2 heteroatoms. The van der Waals surface area contributed by atoms with Crippen LogP contribution < -0.4 is 0 Å². The highest BCUT2D eigenvalue weighted by atomic mass is 127. The van der Waals surface area contributed by atoms with E-state index in [2.05, 4.69) is 40.6 Å². The number of thioether (sulfide) groups is 1. The molecule has 1 aromatic rings. The molecule has 0 atom stereocenters. The fourth-order valence-corrected chi connectivity index (χ4v) is 2.16. The van der Waals surface area contributed by atoms with Gasteiger partial charge in [-0.1, -0.05) is 18.1 Å². The molecule has 0 radical (unpaired) electrons. The predicted molar refractivity (Wildman–Crippen MR) is 58.7 cm³/mol. The second-order valence-corrected chi connectivity index (χ2v) is 4.10. The fraction of sp³-hybridized carbons (Fsp3) is 0.111. The molecule has 0 saturated carbocycles. The Labute approximate surface area is 84.9 Å². The Morgan fingerprint density at radius 3 is 2.82 bits per heavy atom. The standard InChI is InChI=1S/C9H7IS/c1-2-7-11-9-6-4-3-5-8(9)10/h1,3-6H,7H2. The summed E-state index contributed by atoms with van der Waals surface area (Å²) in [6.45, 7) is 0. The average molecular weight is 274 g/mol. The van der Waals surface area contributed by atoms with Gasteiger partial charge in [0.25, 0.3) is 0 Å². The van der Waals surface area contributed by atoms with E-state index in [1.54, 1.807) is 11.8 Å². The molecule has 0 aliphatic heterocycles. The van der Waals surface area contributed by atoms with Gasteiger partial charge in [0.05, 0.1) is 5.75 Å². The minimum absolute atomic E-state index is 0.750. The molecule has 1 rings (SSSR count). The molecule has 11 heavy (non-hydrogen) atoms. The van der Waals surface area contributed by atoms with Gasteiger partial charge >= 0.3 is 0 Å². The van der Waals surface area contributed by atoms with Crippen LogP contribution in [0.2, 0.25) is 0 Å². The average Bonchev–Trinajstić information content (AvgIpc) is 2.03. The SMILES string of the molecule is C#CCSc1ccccc1I. The summed E-state index contributed by atoms with van der Waals surface area (Å²) >= 11 is 4.01. The van der Waals surface area contributed by atoms with E-state index < -0.39 is 0 Å². The van der Waals surface area contributed by atoms with E-state index in [0.29, 0.717) is 0 Å². The third-order valence-corrected chi connectivity index (χ3v) is 3.43. The van der Waals surface area contributed by atoms with E-state index >= 15 is 0 Å². The summed E-state index contributed by atoms with van der Waals surface area (Å²) in [6, 6.07) is 8.23. The second-order valence-electron chi connectivity index (χ2n) is 1.92. The van der Waals surface area contributed by atoms with Crippen molar-refractivity contribution in [2.24, 2.45) is 0 Å². The first kappa shape index (κ1) is 8.95. The van der Waals surface area contributed by atoms with Crippen LogP contribution in [0, 0.1) is 15.9 Å². The van der Waals surface area contributed by atoms with Gasteiger partial charge in [0.2, 0.25) is 0 Å². The molecule has 0 saturated heterocycles. The van der Waals surface area contributed by atoms with Crippen LogP contribution in [0.4, 0.5) is 0 Å². The molecule has 0 heterocycles. The summed E-state index contributed by atoms with van der Waals surface area (Å²) in [7, 11) is 0. The Balaban J connectivity index is 2.71. The summed E-state index contributed by atoms with van der Waals surface area (Å²) in [4.78, 5) is 1.27. The summed E-state index contributed by atoms with van der Waals surface area (Å²) in [5, 5.41) is 0. The van der Waals surface area contributed by atoms with E-state index in [1.807, 2.05) is 12.1 Å². The van der Waals surface area contributed by atoms with Gasteiger partial charge in [0.15, 0.2) is 0 Å². The van der Waals surface area contributed by atoms with Crippen LogP contribution in [0.25, 0.3) is 0 Å². The Hall–Kier alpha value is -0.140. The molecule has 0 nitrogen and oxygen atoms in total.